The fourth-order valence-electron chi connectivity index (χ4n) is 2.59. The van der Waals surface area contributed by atoms with E-state index in [1.807, 2.05) is 0 Å². The molecule has 0 atom stereocenters. The molecule has 0 aromatic heterocycles. The maximum atomic E-state index is 6.25. The lowest BCUT2D eigenvalue weighted by molar-refractivity contribution is 0.299. The van der Waals surface area contributed by atoms with E-state index in [1.165, 1.54) is 19.0 Å². The first kappa shape index (κ1) is 16.1. The van der Waals surface area contributed by atoms with E-state index in [9.17, 15) is 0 Å². The molecule has 0 heterocycles. The SMILES string of the molecule is CCO[Si](CCCN(C)C)(C(C)C)C(C)C. The molecule has 0 rings (SSSR count). The van der Waals surface area contributed by atoms with Crippen LogP contribution in [0.4, 0.5) is 0 Å². The van der Waals surface area contributed by atoms with E-state index in [2.05, 4.69) is 53.6 Å². The summed E-state index contributed by atoms with van der Waals surface area (Å²) in [4.78, 5) is 2.27. The Balaban J connectivity index is 4.50. The summed E-state index contributed by atoms with van der Waals surface area (Å²) in [6, 6.07) is 1.30. The second-order valence-electron chi connectivity index (χ2n) is 5.60. The van der Waals surface area contributed by atoms with Gasteiger partial charge in [-0.25, -0.2) is 0 Å². The summed E-state index contributed by atoms with van der Waals surface area (Å²) in [5.74, 6) is 0. The van der Waals surface area contributed by atoms with E-state index in [4.69, 9.17) is 4.43 Å². The van der Waals surface area contributed by atoms with Crippen LogP contribution in [0.1, 0.15) is 41.0 Å². The van der Waals surface area contributed by atoms with Crippen LogP contribution in [-0.4, -0.2) is 40.5 Å². The Bertz CT molecular complexity index is 173. The normalized spacial score (nSPS) is 13.1. The molecule has 0 aromatic carbocycles. The third-order valence-corrected chi connectivity index (χ3v) is 9.41. The fraction of sp³-hybridized carbons (Fsp3) is 1.00. The lowest BCUT2D eigenvalue weighted by atomic mass is 10.4. The highest BCUT2D eigenvalue weighted by Crippen LogP contribution is 2.37. The molecule has 3 heteroatoms. The zero-order valence-electron chi connectivity index (χ0n) is 12.3. The summed E-state index contributed by atoms with van der Waals surface area (Å²) >= 11 is 0. The minimum Gasteiger partial charge on any atom is -0.417 e. The highest BCUT2D eigenvalue weighted by Gasteiger charge is 2.40. The highest BCUT2D eigenvalue weighted by atomic mass is 28.4. The van der Waals surface area contributed by atoms with Crippen molar-refractivity contribution >= 4 is 8.32 Å². The quantitative estimate of drug-likeness (QED) is 0.604. The summed E-state index contributed by atoms with van der Waals surface area (Å²) in [6.07, 6.45) is 1.27. The van der Waals surface area contributed by atoms with Gasteiger partial charge in [0.05, 0.1) is 0 Å². The molecular weight excluding hydrogens is 214 g/mol. The van der Waals surface area contributed by atoms with E-state index < -0.39 is 8.32 Å². The van der Waals surface area contributed by atoms with Crippen molar-refractivity contribution in [3.05, 3.63) is 0 Å². The fourth-order valence-corrected chi connectivity index (χ4v) is 7.14. The van der Waals surface area contributed by atoms with Crippen LogP contribution in [0.25, 0.3) is 0 Å². The number of nitrogens with zero attached hydrogens (tertiary/aromatic N) is 1. The molecule has 0 saturated heterocycles. The molecule has 0 radical (unpaired) electrons. The summed E-state index contributed by atoms with van der Waals surface area (Å²) < 4.78 is 6.25. The van der Waals surface area contributed by atoms with Crippen LogP contribution in [0, 0.1) is 0 Å². The third kappa shape index (κ3) is 4.56. The average molecular weight is 245 g/mol. The molecule has 0 unspecified atom stereocenters. The predicted octanol–water partition coefficient (Wildman–Crippen LogP) is 3.74. The molecule has 0 aliphatic heterocycles. The summed E-state index contributed by atoms with van der Waals surface area (Å²) in [7, 11) is 2.75. The van der Waals surface area contributed by atoms with Crippen molar-refractivity contribution in [3.8, 4) is 0 Å². The van der Waals surface area contributed by atoms with Gasteiger partial charge in [0, 0.05) is 6.61 Å². The first-order chi connectivity index (χ1) is 7.36. The maximum Gasteiger partial charge on any atom is 0.197 e. The van der Waals surface area contributed by atoms with Crippen molar-refractivity contribution in [2.75, 3.05) is 27.2 Å². The van der Waals surface area contributed by atoms with Gasteiger partial charge in [0.15, 0.2) is 8.32 Å². The van der Waals surface area contributed by atoms with Crippen LogP contribution in [0.2, 0.25) is 17.1 Å². The Morgan fingerprint density at radius 3 is 1.88 bits per heavy atom. The average Bonchev–Trinajstić information content (AvgIpc) is 2.14. The summed E-state index contributed by atoms with van der Waals surface area (Å²) in [5.41, 5.74) is 1.43. The zero-order valence-corrected chi connectivity index (χ0v) is 13.3. The van der Waals surface area contributed by atoms with Crippen LogP contribution in [0.15, 0.2) is 0 Å². The molecule has 0 amide bonds. The van der Waals surface area contributed by atoms with Crippen LogP contribution >= 0.6 is 0 Å². The minimum atomic E-state index is -1.54. The van der Waals surface area contributed by atoms with Crippen LogP contribution in [0.5, 0.6) is 0 Å². The van der Waals surface area contributed by atoms with Crippen molar-refractivity contribution in [2.45, 2.75) is 58.2 Å². The molecule has 0 spiro atoms. The van der Waals surface area contributed by atoms with Gasteiger partial charge >= 0.3 is 0 Å². The molecule has 16 heavy (non-hydrogen) atoms. The second-order valence-corrected chi connectivity index (χ2v) is 10.6. The van der Waals surface area contributed by atoms with E-state index in [1.54, 1.807) is 0 Å². The van der Waals surface area contributed by atoms with Gasteiger partial charge in [-0.15, -0.1) is 0 Å². The molecule has 0 saturated carbocycles. The first-order valence-electron chi connectivity index (χ1n) is 6.65. The van der Waals surface area contributed by atoms with E-state index in [0.717, 1.165) is 17.7 Å². The lowest BCUT2D eigenvalue weighted by Crippen LogP contribution is -2.45. The van der Waals surface area contributed by atoms with Gasteiger partial charge in [-0.2, -0.15) is 0 Å². The van der Waals surface area contributed by atoms with Crippen LogP contribution in [-0.2, 0) is 4.43 Å². The van der Waals surface area contributed by atoms with Gasteiger partial charge in [-0.1, -0.05) is 27.7 Å². The third-order valence-electron chi connectivity index (χ3n) is 3.54. The van der Waals surface area contributed by atoms with E-state index in [-0.39, 0.29) is 0 Å². The van der Waals surface area contributed by atoms with Gasteiger partial charge in [0.1, 0.15) is 0 Å². The van der Waals surface area contributed by atoms with Crippen LogP contribution in [0.3, 0.4) is 0 Å². The van der Waals surface area contributed by atoms with Crippen molar-refractivity contribution in [3.63, 3.8) is 0 Å². The summed E-state index contributed by atoms with van der Waals surface area (Å²) in [6.45, 7) is 13.6. The summed E-state index contributed by atoms with van der Waals surface area (Å²) in [5, 5.41) is 0. The van der Waals surface area contributed by atoms with Crippen molar-refractivity contribution in [2.24, 2.45) is 0 Å². The minimum absolute atomic E-state index is 0.717. The number of rotatable bonds is 8. The predicted molar refractivity (Wildman–Crippen MR) is 75.6 cm³/mol. The first-order valence-corrected chi connectivity index (χ1v) is 8.92. The number of hydrogen-bond acceptors (Lipinski definition) is 2. The second kappa shape index (κ2) is 7.46. The standard InChI is InChI=1S/C13H31NOSi/c1-8-15-16(12(2)3,13(4)5)11-9-10-14(6)7/h12-13H,8-11H2,1-7H3. The molecule has 0 fully saturated rings. The number of hydrogen-bond donors (Lipinski definition) is 0. The van der Waals surface area contributed by atoms with Crippen molar-refractivity contribution in [1.82, 2.24) is 4.90 Å². The molecule has 98 valence electrons. The lowest BCUT2D eigenvalue weighted by Gasteiger charge is -2.38. The Kier molecular flexibility index (Phi) is 7.52. The van der Waals surface area contributed by atoms with Crippen molar-refractivity contribution < 1.29 is 4.43 Å². The molecule has 0 aliphatic rings. The van der Waals surface area contributed by atoms with Gasteiger partial charge in [0.25, 0.3) is 0 Å². The molecule has 2 nitrogen and oxygen atoms in total. The molecule has 0 aromatic rings. The smallest absolute Gasteiger partial charge is 0.197 e. The Morgan fingerprint density at radius 1 is 1.06 bits per heavy atom. The van der Waals surface area contributed by atoms with Gasteiger partial charge in [-0.05, 0) is 51.1 Å². The molecule has 0 N–H and O–H groups in total. The monoisotopic (exact) mass is 245 g/mol. The van der Waals surface area contributed by atoms with Crippen LogP contribution < -0.4 is 0 Å². The van der Waals surface area contributed by atoms with E-state index >= 15 is 0 Å². The van der Waals surface area contributed by atoms with Crippen molar-refractivity contribution in [1.29, 1.82) is 0 Å². The van der Waals surface area contributed by atoms with E-state index in [0.29, 0.717) is 0 Å². The van der Waals surface area contributed by atoms with Gasteiger partial charge < -0.3 is 9.33 Å². The molecule has 0 aliphatic carbocycles. The molecular formula is C13H31NOSi. The maximum absolute atomic E-state index is 6.25. The highest BCUT2D eigenvalue weighted by molar-refractivity contribution is 6.76. The Hall–Kier alpha value is 0.137. The Labute approximate surface area is 103 Å². The van der Waals surface area contributed by atoms with Gasteiger partial charge in [-0.3, -0.25) is 0 Å². The molecule has 0 bridgehead atoms. The Morgan fingerprint density at radius 2 is 1.56 bits per heavy atom. The zero-order chi connectivity index (χ0) is 12.8. The largest absolute Gasteiger partial charge is 0.417 e. The van der Waals surface area contributed by atoms with Gasteiger partial charge in [0.2, 0.25) is 0 Å². The topological polar surface area (TPSA) is 12.5 Å².